The van der Waals surface area contributed by atoms with E-state index in [1.165, 1.54) is 10.1 Å². The summed E-state index contributed by atoms with van der Waals surface area (Å²) >= 11 is 0. The SMILES string of the molecule is CC.COc1ccc(CC(=O)OC[C@]2(O)C(O)=C(O)[C@]3(CC(=O)N3OCc3ccccc3)[C@@H]3C[Si](C(C)C)(C(C)C)O[Si](C(C)C)(C(C)C)O[C@@H]32)cc1.COc1ccc(CC(=O)OC[C@]2(O)C=C[C@]3(CC(=O)N3OCc3ccccc3)[C@@H]3C[Si](C(C)C)(C(C)C)O[Si](C(C)C)(C(C)C)O[C@@H]32)cc1. The zero-order chi connectivity index (χ0) is 75.3. The molecule has 0 bridgehead atoms. The van der Waals surface area contributed by atoms with Gasteiger partial charge in [0.25, 0.3) is 0 Å². The first kappa shape index (κ1) is 81.7. The molecule has 2 aliphatic carbocycles. The number of esters is 2. The molecule has 0 unspecified atom stereocenters. The van der Waals surface area contributed by atoms with E-state index in [0.717, 1.165) is 16.7 Å². The minimum atomic E-state index is -3.30. The van der Waals surface area contributed by atoms with Gasteiger partial charge in [0.15, 0.2) is 33.8 Å². The molecule has 0 aromatic heterocycles. The van der Waals surface area contributed by atoms with Gasteiger partial charge in [-0.05, 0) is 109 Å². The fourth-order valence-corrected chi connectivity index (χ4v) is 42.2. The molecule has 4 saturated heterocycles. The minimum absolute atomic E-state index is 0.0396. The first-order valence-electron chi connectivity index (χ1n) is 36.7. The number of hydrogen-bond acceptors (Lipinski definition) is 18. The van der Waals surface area contributed by atoms with Gasteiger partial charge in [0.2, 0.25) is 11.8 Å². The lowest BCUT2D eigenvalue weighted by atomic mass is 9.63. The second kappa shape index (κ2) is 32.8. The van der Waals surface area contributed by atoms with Crippen molar-refractivity contribution in [3.8, 4) is 11.5 Å². The highest BCUT2D eigenvalue weighted by atomic mass is 28.4. The second-order valence-corrected chi connectivity index (χ2v) is 49.8. The largest absolute Gasteiger partial charge is 0.506 e. The number of benzene rings is 4. The van der Waals surface area contributed by atoms with E-state index in [9.17, 15) is 39.6 Å². The van der Waals surface area contributed by atoms with Crippen molar-refractivity contribution in [1.82, 2.24) is 10.1 Å². The fraction of sp³-hybridized carbons (Fsp3) is 0.590. The predicted octanol–water partition coefficient (Wildman–Crippen LogP) is 15.3. The lowest BCUT2D eigenvalue weighted by Crippen LogP contribution is -2.76. The number of ether oxygens (including phenoxy) is 4. The van der Waals surface area contributed by atoms with Gasteiger partial charge in [-0.1, -0.05) is 216 Å². The molecule has 4 aromatic rings. The van der Waals surface area contributed by atoms with Gasteiger partial charge in [-0.25, -0.2) is 10.1 Å². The van der Waals surface area contributed by atoms with Crippen molar-refractivity contribution in [2.45, 2.75) is 254 Å². The van der Waals surface area contributed by atoms with Crippen LogP contribution in [0.2, 0.25) is 56.4 Å². The highest BCUT2D eigenvalue weighted by Gasteiger charge is 2.76. The highest BCUT2D eigenvalue weighted by Crippen LogP contribution is 2.63. The minimum Gasteiger partial charge on any atom is -0.506 e. The van der Waals surface area contributed by atoms with Crippen LogP contribution in [0.1, 0.15) is 160 Å². The summed E-state index contributed by atoms with van der Waals surface area (Å²) in [5.74, 6) is -2.77. The molecule has 562 valence electrons. The van der Waals surface area contributed by atoms with Gasteiger partial charge < -0.3 is 56.5 Å². The van der Waals surface area contributed by atoms with Crippen LogP contribution in [0.3, 0.4) is 0 Å². The standard InChI is InChI=1S/C38H55NO10Si2.C38H55NO8Si2.C2H6/c1-24(2)50(25(3)4)22-31-36(48-51(49-50,26(5)6)27(7)8)38(44,23-46-33(41)19-28-15-17-30(45-9)18-16-28)35(43)34(42)37(31)20-32(40)39(37)47-21-29-13-11-10-12-14-29;1-26(2)48(27(3)4)24-33-36(46-49(47-48,28(5)6)29(7)8)38(42,25-44-35(41)21-30-15-17-32(43-9)18-16-30)20-19-37(33)22-34(40)39(37)45-23-31-13-11-10-12-14-31;1-2/h10-18,24-27,31,36,42-44H,19-23H2,1-9H3;10-20,26-29,33,36,42H,21-25H2,1-9H3;1-2H3/t31-,36+,37+,38+;33-,36+,37+,38-;/m11./s1. The van der Waals surface area contributed by atoms with Crippen LogP contribution in [0.25, 0.3) is 0 Å². The molecule has 10 rings (SSSR count). The lowest BCUT2D eigenvalue weighted by molar-refractivity contribution is -0.288. The summed E-state index contributed by atoms with van der Waals surface area (Å²) in [6, 6.07) is 34.4. The zero-order valence-corrected chi connectivity index (χ0v) is 67.9. The number of nitrogens with zero attached hydrogens (tertiary/aromatic N) is 2. The van der Waals surface area contributed by atoms with Gasteiger partial charge in [-0.15, -0.1) is 0 Å². The third-order valence-electron chi connectivity index (χ3n) is 22.6. The van der Waals surface area contributed by atoms with Crippen LogP contribution < -0.4 is 9.47 Å². The molecular formula is C78H116N2O18Si4. The van der Waals surface area contributed by atoms with Gasteiger partial charge >= 0.3 is 29.1 Å². The molecule has 2 amide bonds. The molecule has 4 aromatic carbocycles. The van der Waals surface area contributed by atoms with Gasteiger partial charge in [-0.3, -0.25) is 28.9 Å². The maximum Gasteiger partial charge on any atom is 0.333 e. The van der Waals surface area contributed by atoms with Crippen LogP contribution >= 0.6 is 0 Å². The summed E-state index contributed by atoms with van der Waals surface area (Å²) in [6.45, 7) is 37.8. The zero-order valence-electron chi connectivity index (χ0n) is 63.9. The van der Waals surface area contributed by atoms with Gasteiger partial charge in [0.05, 0.1) is 52.1 Å². The Morgan fingerprint density at radius 3 is 1.27 bits per heavy atom. The molecule has 0 radical (unpaired) electrons. The van der Waals surface area contributed by atoms with E-state index in [4.69, 9.17) is 45.7 Å². The molecule has 20 nitrogen and oxygen atoms in total. The Labute approximate surface area is 610 Å². The Hall–Kier alpha value is -6.01. The topological polar surface area (TPSA) is 248 Å². The van der Waals surface area contributed by atoms with E-state index < -0.39 is 104 Å². The van der Waals surface area contributed by atoms with Crippen molar-refractivity contribution < 1.29 is 85.3 Å². The second-order valence-electron chi connectivity index (χ2n) is 31.0. The van der Waals surface area contributed by atoms with Crippen LogP contribution in [0.4, 0.5) is 0 Å². The number of carbonyl (C=O) groups is 4. The molecule has 0 saturated carbocycles. The number of carbonyl (C=O) groups excluding carboxylic acids is 4. The van der Waals surface area contributed by atoms with E-state index in [-0.39, 0.29) is 108 Å². The van der Waals surface area contributed by atoms with E-state index in [2.05, 4.69) is 111 Å². The first-order chi connectivity index (χ1) is 48.1. The molecule has 8 atom stereocenters. The van der Waals surface area contributed by atoms with Gasteiger partial charge in [0.1, 0.15) is 54.6 Å². The number of amides is 2. The maximum atomic E-state index is 13.5. The van der Waals surface area contributed by atoms with Crippen LogP contribution in [0.15, 0.2) is 133 Å². The molecule has 4 heterocycles. The Balaban J connectivity index is 0.000000253. The monoisotopic (exact) mass is 1480 g/mol. The van der Waals surface area contributed by atoms with Crippen molar-refractivity contribution >= 4 is 57.5 Å². The summed E-state index contributed by atoms with van der Waals surface area (Å²) < 4.78 is 51.9. The smallest absolute Gasteiger partial charge is 0.333 e. The molecule has 2 spiro atoms. The van der Waals surface area contributed by atoms with Gasteiger partial charge in [0, 0.05) is 11.8 Å². The van der Waals surface area contributed by atoms with Crippen molar-refractivity contribution in [3.05, 3.63) is 155 Å². The van der Waals surface area contributed by atoms with E-state index in [1.807, 2.05) is 92.7 Å². The van der Waals surface area contributed by atoms with E-state index in [0.29, 0.717) is 29.2 Å². The number of fused-ring (bicyclic) bond motifs is 4. The van der Waals surface area contributed by atoms with Crippen LogP contribution in [-0.4, -0.2) is 150 Å². The first-order valence-corrected chi connectivity index (χ1v) is 45.2. The summed E-state index contributed by atoms with van der Waals surface area (Å²) in [5, 5.41) is 52.1. The average Bonchev–Trinajstić information content (AvgIpc) is 1.37. The van der Waals surface area contributed by atoms with Crippen molar-refractivity contribution in [2.75, 3.05) is 27.4 Å². The molecule has 4 N–H and O–H groups in total. The molecule has 102 heavy (non-hydrogen) atoms. The van der Waals surface area contributed by atoms with Crippen molar-refractivity contribution in [1.29, 1.82) is 0 Å². The maximum absolute atomic E-state index is 13.5. The summed E-state index contributed by atoms with van der Waals surface area (Å²) in [5.41, 5.74) is -2.53. The van der Waals surface area contributed by atoms with E-state index in [1.54, 1.807) is 56.7 Å². The number of aliphatic hydroxyl groups is 4. The third kappa shape index (κ3) is 15.5. The van der Waals surface area contributed by atoms with Gasteiger partial charge in [-0.2, -0.15) is 0 Å². The third-order valence-corrected chi connectivity index (χ3v) is 45.8. The van der Waals surface area contributed by atoms with Crippen LogP contribution in [0, 0.1) is 11.8 Å². The Kier molecular flexibility index (Phi) is 26.2. The number of methoxy groups -OCH3 is 2. The van der Waals surface area contributed by atoms with E-state index >= 15 is 0 Å². The number of β-lactam (4-membered cyclic amide) rings is 2. The average molecular weight is 1480 g/mol. The van der Waals surface area contributed by atoms with Crippen molar-refractivity contribution in [2.24, 2.45) is 11.8 Å². The Morgan fingerprint density at radius 2 is 0.882 bits per heavy atom. The van der Waals surface area contributed by atoms with Crippen LogP contribution in [-0.2, 0) is 81.5 Å². The summed E-state index contributed by atoms with van der Waals surface area (Å²) in [4.78, 5) is 65.9. The number of aliphatic hydroxyl groups excluding tert-OH is 2. The number of hydroxylamine groups is 4. The summed E-state index contributed by atoms with van der Waals surface area (Å²) in [6.07, 6.45) is 1.60. The lowest BCUT2D eigenvalue weighted by Gasteiger charge is -2.60. The normalized spacial score (nSPS) is 26.8. The highest BCUT2D eigenvalue weighted by molar-refractivity contribution is 6.88. The number of rotatable bonds is 24. The molecular weight excluding hydrogens is 1370 g/mol. The molecule has 6 aliphatic rings. The molecule has 4 aliphatic heterocycles. The number of hydrogen-bond donors (Lipinski definition) is 4. The van der Waals surface area contributed by atoms with Crippen molar-refractivity contribution in [3.63, 3.8) is 0 Å². The predicted molar refractivity (Wildman–Crippen MR) is 401 cm³/mol. The molecule has 4 fully saturated rings. The Bertz CT molecular complexity index is 3520. The quantitative estimate of drug-likeness (QED) is 0.0220. The molecule has 24 heteroatoms. The fourth-order valence-electron chi connectivity index (χ4n) is 16.5. The Morgan fingerprint density at radius 1 is 0.490 bits per heavy atom. The summed E-state index contributed by atoms with van der Waals surface area (Å²) in [7, 11) is -8.74. The van der Waals surface area contributed by atoms with Crippen LogP contribution in [0.5, 0.6) is 11.5 Å².